The molecule has 0 N–H and O–H groups in total. The Bertz CT molecular complexity index is 1710. The van der Waals surface area contributed by atoms with Crippen LogP contribution in [0.15, 0.2) is 77.8 Å². The minimum Gasteiger partial charge on any atom is -0.479 e. The van der Waals surface area contributed by atoms with E-state index in [-0.39, 0.29) is 27.8 Å². The van der Waals surface area contributed by atoms with Crippen molar-refractivity contribution < 1.29 is 22.4 Å². The van der Waals surface area contributed by atoms with Gasteiger partial charge in [-0.3, -0.25) is 5.92 Å². The first kappa shape index (κ1) is 34.5. The number of nitrogens with zero attached hydrogens (tertiary/aromatic N) is 3. The number of benzene rings is 4. The van der Waals surface area contributed by atoms with Gasteiger partial charge in [-0.1, -0.05) is 61.4 Å². The van der Waals surface area contributed by atoms with Gasteiger partial charge < -0.3 is 16.2 Å². The van der Waals surface area contributed by atoms with E-state index in [1.165, 1.54) is 67.0 Å². The normalized spacial score (nSPS) is 13.8. The molecule has 0 amide bonds. The van der Waals surface area contributed by atoms with E-state index in [0.717, 1.165) is 24.1 Å². The summed E-state index contributed by atoms with van der Waals surface area (Å²) in [6, 6.07) is 21.6. The van der Waals surface area contributed by atoms with Crippen molar-refractivity contribution in [3.63, 3.8) is 0 Å². The zero-order chi connectivity index (χ0) is 31.8. The van der Waals surface area contributed by atoms with Crippen molar-refractivity contribution in [2.24, 2.45) is 4.74 Å². The summed E-state index contributed by atoms with van der Waals surface area (Å²) in [6.45, 7) is 19.7. The average Bonchev–Trinajstić information content (AvgIpc) is 3.56. The molecule has 1 aliphatic carbocycles. The molecule has 0 fully saturated rings. The second-order valence-corrected chi connectivity index (χ2v) is 12.5. The summed E-state index contributed by atoms with van der Waals surface area (Å²) in [5.74, 6) is 2.52. The van der Waals surface area contributed by atoms with Gasteiger partial charge in [0.1, 0.15) is 0 Å². The number of anilines is 2. The zero-order valence-electron chi connectivity index (χ0n) is 27.6. The summed E-state index contributed by atoms with van der Waals surface area (Å²) in [6.07, 6.45) is 13.8. The van der Waals surface area contributed by atoms with Crippen LogP contribution >= 0.6 is 9.03 Å². The van der Waals surface area contributed by atoms with E-state index in [4.69, 9.17) is 6.42 Å². The van der Waals surface area contributed by atoms with Gasteiger partial charge in [0.2, 0.25) is 0 Å². The molecule has 1 radical (unpaired) electrons. The average molecular weight is 793 g/mol. The first-order valence-corrected chi connectivity index (χ1v) is 15.9. The molecule has 0 aromatic heterocycles. The summed E-state index contributed by atoms with van der Waals surface area (Å²) >= 11 is 0. The third-order valence-corrected chi connectivity index (χ3v) is 9.51. The first-order valence-electron chi connectivity index (χ1n) is 15.4. The molecule has 235 valence electrons. The van der Waals surface area contributed by atoms with Gasteiger partial charge in [0.05, 0.1) is 5.69 Å². The molecule has 0 saturated heterocycles. The quantitative estimate of drug-likeness (QED) is 0.0868. The maximum absolute atomic E-state index is 7.40. The molecule has 4 aromatic rings. The van der Waals surface area contributed by atoms with Gasteiger partial charge >= 0.3 is 0 Å². The zero-order valence-corrected chi connectivity index (χ0v) is 30.7. The van der Waals surface area contributed by atoms with Gasteiger partial charge in [-0.2, -0.15) is 0 Å². The van der Waals surface area contributed by atoms with Crippen molar-refractivity contribution in [1.82, 2.24) is 0 Å². The second kappa shape index (κ2) is 13.9. The molecule has 0 atom stereocenters. The van der Waals surface area contributed by atoms with Gasteiger partial charge in [-0.05, 0) is 132 Å². The molecular weight excluding hydrogens is 750 g/mol. The van der Waals surface area contributed by atoms with E-state index in [9.17, 15) is 0 Å². The molecule has 5 heteroatoms. The smallest absolute Gasteiger partial charge is 0.0675 e. The Kier molecular flexibility index (Phi) is 10.7. The summed E-state index contributed by atoms with van der Waals surface area (Å²) in [5, 5.41) is 0. The van der Waals surface area contributed by atoms with Crippen molar-refractivity contribution in [3.05, 3.63) is 136 Å². The van der Waals surface area contributed by atoms with Crippen LogP contribution in [0, 0.1) is 60.6 Å². The third kappa shape index (κ3) is 6.36. The molecular formula is C40H42AuN3P-2. The molecule has 0 spiro atoms. The van der Waals surface area contributed by atoms with E-state index in [0.29, 0.717) is 0 Å². The van der Waals surface area contributed by atoms with Crippen LogP contribution in [0.5, 0.6) is 0 Å². The molecule has 45 heavy (non-hydrogen) atoms. The van der Waals surface area contributed by atoms with Crippen LogP contribution in [0.1, 0.15) is 76.8 Å². The predicted octanol–water partition coefficient (Wildman–Crippen LogP) is 11.1. The summed E-state index contributed by atoms with van der Waals surface area (Å²) < 4.78 is 4.14. The van der Waals surface area contributed by atoms with E-state index >= 15 is 0 Å². The van der Waals surface area contributed by atoms with Gasteiger partial charge in [0, 0.05) is 39.2 Å². The van der Waals surface area contributed by atoms with Crippen molar-refractivity contribution in [2.45, 2.75) is 73.6 Å². The van der Waals surface area contributed by atoms with E-state index < -0.39 is 0 Å². The standard InChI is InChI=1S/C21H25N2.C19H17NP.Au/c1-14-9-16(3)20(17(4)10-14)22-7-8-23(13-22)21-18(5)11-15(2)12-19(21)6;1-4-13-7-9-15-16-10-8-14(20-21)12-18(16)19(5-2,6-3)17(15)11-13;/h7-13H,1-6H3;7-12,21H,5-6H2,2-3H3;/q2*-1;. The number of hydrogen-bond donors (Lipinski definition) is 0. The third-order valence-electron chi connectivity index (χ3n) is 9.25. The molecule has 4 aromatic carbocycles. The van der Waals surface area contributed by atoms with E-state index in [2.05, 4.69) is 152 Å². The summed E-state index contributed by atoms with van der Waals surface area (Å²) in [5.41, 5.74) is 17.5. The molecule has 3 nitrogen and oxygen atoms in total. The molecule has 1 aliphatic heterocycles. The van der Waals surface area contributed by atoms with Crippen LogP contribution in [-0.4, -0.2) is 0 Å². The Hall–Kier alpha value is -3.38. The van der Waals surface area contributed by atoms with Gasteiger partial charge in [0.15, 0.2) is 0 Å². The maximum atomic E-state index is 7.40. The maximum Gasteiger partial charge on any atom is 0.0675 e. The number of rotatable bonds is 5. The topological polar surface area (TPSA) is 18.8 Å². The second-order valence-electron chi connectivity index (χ2n) is 12.2. The van der Waals surface area contributed by atoms with Crippen LogP contribution in [-0.2, 0) is 27.8 Å². The number of hydrogen-bond acceptors (Lipinski definition) is 3. The molecule has 0 saturated carbocycles. The molecule has 6 rings (SSSR count). The van der Waals surface area contributed by atoms with Gasteiger partial charge in [-0.25, -0.2) is 4.74 Å². The monoisotopic (exact) mass is 792 g/mol. The van der Waals surface area contributed by atoms with Gasteiger partial charge in [0.25, 0.3) is 0 Å². The minimum atomic E-state index is 0. The fourth-order valence-electron chi connectivity index (χ4n) is 7.42. The van der Waals surface area contributed by atoms with E-state index in [1.807, 2.05) is 12.1 Å². The van der Waals surface area contributed by atoms with Crippen molar-refractivity contribution >= 4 is 26.1 Å². The van der Waals surface area contributed by atoms with Gasteiger partial charge in [-0.15, -0.1) is 24.4 Å². The predicted molar refractivity (Wildman–Crippen MR) is 190 cm³/mol. The van der Waals surface area contributed by atoms with Crippen molar-refractivity contribution in [2.75, 3.05) is 9.80 Å². The van der Waals surface area contributed by atoms with Crippen molar-refractivity contribution in [3.8, 4) is 17.0 Å². The summed E-state index contributed by atoms with van der Waals surface area (Å²) in [7, 11) is 3.25. The Labute approximate surface area is 288 Å². The first-order chi connectivity index (χ1) is 21.1. The molecule has 0 bridgehead atoms. The van der Waals surface area contributed by atoms with Crippen LogP contribution in [0.2, 0.25) is 0 Å². The fraction of sp³-hybridized carbons (Fsp3) is 0.275. The van der Waals surface area contributed by atoms with Crippen molar-refractivity contribution in [1.29, 1.82) is 0 Å². The Balaban J connectivity index is 0.000000201. The fourth-order valence-corrected chi connectivity index (χ4v) is 7.56. The Morgan fingerprint density at radius 2 is 1.16 bits per heavy atom. The van der Waals surface area contributed by atoms with Crippen LogP contribution in [0.3, 0.4) is 0 Å². The van der Waals surface area contributed by atoms with Crippen LogP contribution < -0.4 is 9.80 Å². The largest absolute Gasteiger partial charge is 0.479 e. The summed E-state index contributed by atoms with van der Waals surface area (Å²) in [4.78, 5) is 4.45. The number of aryl methyl sites for hydroxylation is 6. The van der Waals surface area contributed by atoms with Crippen LogP contribution in [0.4, 0.5) is 17.1 Å². The Morgan fingerprint density at radius 1 is 0.711 bits per heavy atom. The molecule has 2 aliphatic rings. The minimum absolute atomic E-state index is 0. The van der Waals surface area contributed by atoms with E-state index in [1.54, 1.807) is 0 Å². The molecule has 1 heterocycles. The number of fused-ring (bicyclic) bond motifs is 3. The van der Waals surface area contributed by atoms with Crippen LogP contribution in [0.25, 0.3) is 11.1 Å². The molecule has 0 unspecified atom stereocenters. The Morgan fingerprint density at radius 3 is 1.58 bits per heavy atom. The SMILES string of the molecule is Cc1cc(C)c(N2C=CN(c3c(C)cc(C)cc3C)[CH-]2)c(C)c1.[Au].[C-]#Cc1ccc2c(c1)C(CC)(CC)c1cc(N=P)ccc1-2.